The predicted molar refractivity (Wildman–Crippen MR) is 15.6 cm³/mol. The zero-order chi connectivity index (χ0) is 2.71. The second-order valence-corrected chi connectivity index (χ2v) is 0.289. The van der Waals surface area contributed by atoms with Gasteiger partial charge in [-0.05, 0) is 0 Å². The molecule has 0 atom stereocenters. The van der Waals surface area contributed by atoms with Crippen molar-refractivity contribution >= 4 is 0 Å². The second-order valence-electron chi connectivity index (χ2n) is 0.289. The van der Waals surface area contributed by atoms with E-state index < -0.39 is 0 Å². The molecule has 0 aromatic rings. The third-order valence-electron chi connectivity index (χ3n) is 0. The molecule has 0 radical (unpaired) electrons. The van der Waals surface area contributed by atoms with Crippen LogP contribution in [0.25, 0.3) is 0 Å². The summed E-state index contributed by atoms with van der Waals surface area (Å²) in [4.78, 5) is 0. The van der Waals surface area contributed by atoms with E-state index >= 15 is 0 Å². The molecular weight excluding hydrogens is 83.9 g/mol. The van der Waals surface area contributed by atoms with Crippen molar-refractivity contribution in [3.63, 3.8) is 0 Å². The molecule has 0 bridgehead atoms. The van der Waals surface area contributed by atoms with E-state index in [4.69, 9.17) is 0 Å². The van der Waals surface area contributed by atoms with Gasteiger partial charge in [-0.3, -0.25) is 0 Å². The van der Waals surface area contributed by atoms with Crippen molar-refractivity contribution in [3.05, 3.63) is 19.6 Å². The maximum atomic E-state index is 3.25. The molecule has 0 aliphatic heterocycles. The molecule has 0 unspecified atom stereocenters. The predicted octanol–water partition coefficient (Wildman–Crippen LogP) is 1.00. The SMILES string of the molecule is C=C[CH2-].[Ti]. The fourth-order valence-electron chi connectivity index (χ4n) is 0. The molecule has 0 aromatic carbocycles. The van der Waals surface area contributed by atoms with Crippen LogP contribution in [0.5, 0.6) is 0 Å². The molecule has 0 saturated carbocycles. The topological polar surface area (TPSA) is 0 Å². The van der Waals surface area contributed by atoms with Gasteiger partial charge in [0, 0.05) is 21.7 Å². The van der Waals surface area contributed by atoms with Crippen LogP contribution in [0.1, 0.15) is 0 Å². The van der Waals surface area contributed by atoms with Crippen LogP contribution in [0, 0.1) is 6.92 Å². The normalized spacial score (nSPS) is 3.00. The van der Waals surface area contributed by atoms with Crippen LogP contribution >= 0.6 is 0 Å². The molecule has 0 spiro atoms. The van der Waals surface area contributed by atoms with Gasteiger partial charge in [0.2, 0.25) is 0 Å². The molecule has 0 saturated heterocycles. The number of hydrogen-bond donors (Lipinski definition) is 0. The monoisotopic (exact) mass is 89.0 g/mol. The standard InChI is InChI=1S/C3H5.Ti/c1-3-2;/h3H,1-2H2;/q-1;. The first-order valence-corrected chi connectivity index (χ1v) is 0.816. The van der Waals surface area contributed by atoms with Gasteiger partial charge in [-0.15, -0.1) is 0 Å². The second kappa shape index (κ2) is 10.2. The Kier molecular flexibility index (Phi) is 22.6. The van der Waals surface area contributed by atoms with Crippen LogP contribution in [0.2, 0.25) is 0 Å². The van der Waals surface area contributed by atoms with Crippen molar-refractivity contribution in [1.29, 1.82) is 0 Å². The van der Waals surface area contributed by atoms with Crippen LogP contribution in [0.4, 0.5) is 0 Å². The zero-order valence-corrected chi connectivity index (χ0v) is 4.05. The van der Waals surface area contributed by atoms with E-state index in [0.29, 0.717) is 0 Å². The van der Waals surface area contributed by atoms with Gasteiger partial charge in [0.1, 0.15) is 0 Å². The molecule has 0 fully saturated rings. The van der Waals surface area contributed by atoms with Crippen molar-refractivity contribution in [2.24, 2.45) is 0 Å². The molecule has 0 aliphatic rings. The summed E-state index contributed by atoms with van der Waals surface area (Å²) in [6.07, 6.45) is 1.50. The van der Waals surface area contributed by atoms with Crippen molar-refractivity contribution in [1.82, 2.24) is 0 Å². The van der Waals surface area contributed by atoms with Crippen molar-refractivity contribution in [3.8, 4) is 0 Å². The Morgan fingerprint density at radius 1 is 1.75 bits per heavy atom. The van der Waals surface area contributed by atoms with Crippen molar-refractivity contribution in [2.75, 3.05) is 0 Å². The first kappa shape index (κ1) is 8.85. The molecule has 0 N–H and O–H groups in total. The van der Waals surface area contributed by atoms with E-state index in [1.807, 2.05) is 0 Å². The summed E-state index contributed by atoms with van der Waals surface area (Å²) in [5.41, 5.74) is 0. The van der Waals surface area contributed by atoms with Crippen molar-refractivity contribution in [2.45, 2.75) is 0 Å². The largest absolute Gasteiger partial charge is 0.245 e. The Hall–Kier alpha value is 0.324. The molecule has 0 rings (SSSR count). The Morgan fingerprint density at radius 3 is 1.75 bits per heavy atom. The van der Waals surface area contributed by atoms with E-state index in [0.717, 1.165) is 0 Å². The summed E-state index contributed by atoms with van der Waals surface area (Å²) >= 11 is 0. The quantitative estimate of drug-likeness (QED) is 0.307. The minimum atomic E-state index is 0. The molecule has 0 aliphatic carbocycles. The average Bonchev–Trinajstić information content (AvgIpc) is 0.918. The van der Waals surface area contributed by atoms with Gasteiger partial charge >= 0.3 is 0 Å². The summed E-state index contributed by atoms with van der Waals surface area (Å²) in [7, 11) is 0. The molecule has 0 heterocycles. The summed E-state index contributed by atoms with van der Waals surface area (Å²) in [6, 6.07) is 0. The molecular formula is C3H5Ti-. The summed E-state index contributed by atoms with van der Waals surface area (Å²) in [5, 5.41) is 0. The summed E-state index contributed by atoms with van der Waals surface area (Å²) < 4.78 is 0. The number of rotatable bonds is 0. The van der Waals surface area contributed by atoms with Crippen LogP contribution in [0.3, 0.4) is 0 Å². The molecule has 4 heavy (non-hydrogen) atoms. The van der Waals surface area contributed by atoms with Crippen LogP contribution in [-0.2, 0) is 21.7 Å². The zero-order valence-electron chi connectivity index (χ0n) is 2.49. The smallest absolute Gasteiger partial charge is 0 e. The van der Waals surface area contributed by atoms with Crippen LogP contribution in [-0.4, -0.2) is 0 Å². The van der Waals surface area contributed by atoms with Gasteiger partial charge < -0.3 is 0 Å². The van der Waals surface area contributed by atoms with Gasteiger partial charge in [0.05, 0.1) is 0 Å². The van der Waals surface area contributed by atoms with Gasteiger partial charge in [-0.25, -0.2) is 19.6 Å². The van der Waals surface area contributed by atoms with E-state index in [2.05, 4.69) is 13.5 Å². The first-order chi connectivity index (χ1) is 1.41. The van der Waals surface area contributed by atoms with E-state index in [9.17, 15) is 0 Å². The maximum Gasteiger partial charge on any atom is 0 e. The molecule has 22 valence electrons. The Morgan fingerprint density at radius 2 is 1.75 bits per heavy atom. The van der Waals surface area contributed by atoms with Gasteiger partial charge in [-0.2, -0.15) is 0 Å². The van der Waals surface area contributed by atoms with E-state index in [-0.39, 0.29) is 21.7 Å². The Balaban J connectivity index is 0. The molecule has 0 nitrogen and oxygen atoms in total. The van der Waals surface area contributed by atoms with E-state index in [1.165, 1.54) is 6.08 Å². The Bertz CT molecular complexity index is 10.8. The maximum absolute atomic E-state index is 3.25. The van der Waals surface area contributed by atoms with Gasteiger partial charge in [0.15, 0.2) is 0 Å². The average molecular weight is 88.9 g/mol. The van der Waals surface area contributed by atoms with Crippen LogP contribution < -0.4 is 0 Å². The fraction of sp³-hybridized carbons (Fsp3) is 0. The first-order valence-electron chi connectivity index (χ1n) is 0.816. The van der Waals surface area contributed by atoms with Crippen LogP contribution in [0.15, 0.2) is 12.7 Å². The minimum absolute atomic E-state index is 0. The van der Waals surface area contributed by atoms with Gasteiger partial charge in [-0.1, -0.05) is 0 Å². The molecule has 0 amide bonds. The third-order valence-corrected chi connectivity index (χ3v) is 0. The minimum Gasteiger partial charge on any atom is -0.245 e. The van der Waals surface area contributed by atoms with Crippen molar-refractivity contribution < 1.29 is 21.7 Å². The molecule has 1 heteroatoms. The summed E-state index contributed by atoms with van der Waals surface area (Å²) in [6.45, 7) is 6.50. The number of allylic oxidation sites excluding steroid dienone is 1. The molecule has 0 aromatic heterocycles. The Labute approximate surface area is 41.8 Å². The fourth-order valence-corrected chi connectivity index (χ4v) is 0. The van der Waals surface area contributed by atoms with Gasteiger partial charge in [0.25, 0.3) is 0 Å². The summed E-state index contributed by atoms with van der Waals surface area (Å²) in [5.74, 6) is 0. The van der Waals surface area contributed by atoms with E-state index in [1.54, 1.807) is 0 Å². The number of hydrogen-bond acceptors (Lipinski definition) is 0. The third kappa shape index (κ3) is 38.8.